The van der Waals surface area contributed by atoms with Gasteiger partial charge < -0.3 is 4.74 Å². The molecular formula is C17H23N3O. The number of benzene rings is 1. The van der Waals surface area contributed by atoms with Gasteiger partial charge >= 0.3 is 0 Å². The Kier molecular flexibility index (Phi) is 4.91. The van der Waals surface area contributed by atoms with E-state index >= 15 is 0 Å². The molecule has 0 aliphatic carbocycles. The third-order valence-electron chi connectivity index (χ3n) is 3.24. The van der Waals surface area contributed by atoms with E-state index in [0.717, 1.165) is 11.3 Å². The summed E-state index contributed by atoms with van der Waals surface area (Å²) >= 11 is 0. The number of rotatable bonds is 5. The monoisotopic (exact) mass is 285 g/mol. The Labute approximate surface area is 126 Å². The second-order valence-electron chi connectivity index (χ2n) is 6.16. The summed E-state index contributed by atoms with van der Waals surface area (Å²) in [5.41, 5.74) is 2.50. The molecule has 1 heterocycles. The molecule has 0 saturated heterocycles. The lowest BCUT2D eigenvalue weighted by Gasteiger charge is -2.20. The zero-order chi connectivity index (χ0) is 15.3. The van der Waals surface area contributed by atoms with Crippen molar-refractivity contribution in [3.8, 4) is 5.75 Å². The molecule has 1 aromatic heterocycles. The summed E-state index contributed by atoms with van der Waals surface area (Å²) in [7, 11) is 0. The molecule has 112 valence electrons. The lowest BCUT2D eigenvalue weighted by Crippen LogP contribution is -2.31. The van der Waals surface area contributed by atoms with Gasteiger partial charge in [0, 0.05) is 24.5 Å². The van der Waals surface area contributed by atoms with Gasteiger partial charge in [0.15, 0.2) is 0 Å². The van der Waals surface area contributed by atoms with Crippen molar-refractivity contribution in [3.63, 3.8) is 0 Å². The van der Waals surface area contributed by atoms with Crippen molar-refractivity contribution in [2.24, 2.45) is 0 Å². The van der Waals surface area contributed by atoms with Crippen LogP contribution in [0.1, 0.15) is 38.8 Å². The van der Waals surface area contributed by atoms with Gasteiger partial charge in [-0.3, -0.25) is 5.32 Å². The molecule has 0 bridgehead atoms. The van der Waals surface area contributed by atoms with Gasteiger partial charge in [-0.15, -0.1) is 0 Å². The van der Waals surface area contributed by atoms with Crippen molar-refractivity contribution in [1.29, 1.82) is 0 Å². The molecular weight excluding hydrogens is 262 g/mol. The summed E-state index contributed by atoms with van der Waals surface area (Å²) in [5, 5.41) is 3.29. The molecule has 2 aromatic rings. The molecule has 0 fully saturated rings. The molecule has 21 heavy (non-hydrogen) atoms. The van der Waals surface area contributed by atoms with Gasteiger partial charge in [-0.05, 0) is 30.0 Å². The summed E-state index contributed by atoms with van der Waals surface area (Å²) in [6.45, 7) is 9.28. The number of nitrogens with one attached hydrogen (secondary N) is 1. The Balaban J connectivity index is 1.86. The van der Waals surface area contributed by atoms with Crippen molar-refractivity contribution in [2.75, 3.05) is 0 Å². The normalized spacial score (nSPS) is 13.0. The molecule has 0 aliphatic heterocycles. The first-order chi connectivity index (χ1) is 9.95. The van der Waals surface area contributed by atoms with E-state index in [2.05, 4.69) is 48.2 Å². The highest BCUT2D eigenvalue weighted by atomic mass is 16.5. The van der Waals surface area contributed by atoms with E-state index in [1.807, 2.05) is 19.1 Å². The van der Waals surface area contributed by atoms with Gasteiger partial charge in [0.25, 0.3) is 0 Å². The standard InChI is InChI=1S/C17H23N3O/c1-13(20-11-14-9-18-12-19-10-14)21-16-7-5-15(6-8-16)17(2,3)4/h5-10,12-13,20H,11H2,1-4H3. The molecule has 1 aromatic carbocycles. The van der Waals surface area contributed by atoms with Gasteiger partial charge in [0.2, 0.25) is 0 Å². The minimum atomic E-state index is -0.0781. The molecule has 0 amide bonds. The summed E-state index contributed by atoms with van der Waals surface area (Å²) in [6, 6.07) is 8.27. The third-order valence-corrected chi connectivity index (χ3v) is 3.24. The van der Waals surface area contributed by atoms with Crippen molar-refractivity contribution in [2.45, 2.75) is 45.9 Å². The number of nitrogens with zero attached hydrogens (tertiary/aromatic N) is 2. The Morgan fingerprint density at radius 2 is 1.71 bits per heavy atom. The highest BCUT2D eigenvalue weighted by molar-refractivity contribution is 5.31. The number of hydrogen-bond donors (Lipinski definition) is 1. The fourth-order valence-electron chi connectivity index (χ4n) is 1.96. The first-order valence-electron chi connectivity index (χ1n) is 7.19. The molecule has 4 nitrogen and oxygen atoms in total. The molecule has 0 spiro atoms. The van der Waals surface area contributed by atoms with E-state index in [9.17, 15) is 0 Å². The average Bonchev–Trinajstić information content (AvgIpc) is 2.46. The van der Waals surface area contributed by atoms with Crippen LogP contribution in [0.3, 0.4) is 0 Å². The van der Waals surface area contributed by atoms with Crippen LogP contribution in [-0.4, -0.2) is 16.2 Å². The zero-order valence-corrected chi connectivity index (χ0v) is 13.1. The predicted molar refractivity (Wildman–Crippen MR) is 84.1 cm³/mol. The van der Waals surface area contributed by atoms with E-state index in [1.165, 1.54) is 11.9 Å². The Morgan fingerprint density at radius 3 is 2.29 bits per heavy atom. The number of ether oxygens (including phenoxy) is 1. The molecule has 1 N–H and O–H groups in total. The minimum absolute atomic E-state index is 0.0781. The molecule has 0 saturated carbocycles. The zero-order valence-electron chi connectivity index (χ0n) is 13.1. The second kappa shape index (κ2) is 6.68. The van der Waals surface area contributed by atoms with Crippen LogP contribution in [0.15, 0.2) is 43.0 Å². The van der Waals surface area contributed by atoms with Gasteiger partial charge in [0.1, 0.15) is 18.3 Å². The van der Waals surface area contributed by atoms with Crippen LogP contribution in [-0.2, 0) is 12.0 Å². The summed E-state index contributed by atoms with van der Waals surface area (Å²) in [6.07, 6.45) is 5.04. The van der Waals surface area contributed by atoms with Crippen LogP contribution in [0.4, 0.5) is 0 Å². The second-order valence-corrected chi connectivity index (χ2v) is 6.16. The lowest BCUT2D eigenvalue weighted by molar-refractivity contribution is 0.181. The smallest absolute Gasteiger partial charge is 0.147 e. The SMILES string of the molecule is CC(NCc1cncnc1)Oc1ccc(C(C)(C)C)cc1. The van der Waals surface area contributed by atoms with Crippen LogP contribution in [0.2, 0.25) is 0 Å². The van der Waals surface area contributed by atoms with E-state index < -0.39 is 0 Å². The maximum atomic E-state index is 5.85. The first-order valence-corrected chi connectivity index (χ1v) is 7.19. The third kappa shape index (κ3) is 4.83. The van der Waals surface area contributed by atoms with Crippen LogP contribution >= 0.6 is 0 Å². The Morgan fingerprint density at radius 1 is 1.10 bits per heavy atom. The molecule has 1 unspecified atom stereocenters. The molecule has 1 atom stereocenters. The van der Waals surface area contributed by atoms with Crippen molar-refractivity contribution in [1.82, 2.24) is 15.3 Å². The van der Waals surface area contributed by atoms with Crippen molar-refractivity contribution < 1.29 is 4.74 Å². The topological polar surface area (TPSA) is 47.0 Å². The van der Waals surface area contributed by atoms with Crippen LogP contribution < -0.4 is 10.1 Å². The molecule has 0 radical (unpaired) electrons. The fourth-order valence-corrected chi connectivity index (χ4v) is 1.96. The lowest BCUT2D eigenvalue weighted by atomic mass is 9.87. The largest absolute Gasteiger partial charge is 0.476 e. The van der Waals surface area contributed by atoms with Crippen LogP contribution in [0.5, 0.6) is 5.75 Å². The summed E-state index contributed by atoms with van der Waals surface area (Å²) in [4.78, 5) is 7.97. The molecule has 0 aliphatic rings. The number of aromatic nitrogens is 2. The van der Waals surface area contributed by atoms with E-state index in [0.29, 0.717) is 6.54 Å². The van der Waals surface area contributed by atoms with Crippen LogP contribution in [0.25, 0.3) is 0 Å². The van der Waals surface area contributed by atoms with Gasteiger partial charge in [-0.25, -0.2) is 9.97 Å². The Hall–Kier alpha value is -1.94. The summed E-state index contributed by atoms with van der Waals surface area (Å²) in [5.74, 6) is 0.868. The van der Waals surface area contributed by atoms with Gasteiger partial charge in [0.05, 0.1) is 0 Å². The predicted octanol–water partition coefficient (Wildman–Crippen LogP) is 3.29. The summed E-state index contributed by atoms with van der Waals surface area (Å²) < 4.78 is 5.85. The highest BCUT2D eigenvalue weighted by Gasteiger charge is 2.13. The van der Waals surface area contributed by atoms with E-state index in [4.69, 9.17) is 4.74 Å². The first kappa shape index (κ1) is 15.4. The maximum absolute atomic E-state index is 5.85. The fraction of sp³-hybridized carbons (Fsp3) is 0.412. The Bertz CT molecular complexity index is 546. The van der Waals surface area contributed by atoms with Crippen molar-refractivity contribution >= 4 is 0 Å². The van der Waals surface area contributed by atoms with Gasteiger partial charge in [-0.1, -0.05) is 32.9 Å². The molecule has 4 heteroatoms. The van der Waals surface area contributed by atoms with Crippen LogP contribution in [0, 0.1) is 0 Å². The van der Waals surface area contributed by atoms with E-state index in [-0.39, 0.29) is 11.6 Å². The minimum Gasteiger partial charge on any atom is -0.476 e. The number of hydrogen-bond acceptors (Lipinski definition) is 4. The van der Waals surface area contributed by atoms with E-state index in [1.54, 1.807) is 12.4 Å². The van der Waals surface area contributed by atoms with Crippen molar-refractivity contribution in [3.05, 3.63) is 54.1 Å². The highest BCUT2D eigenvalue weighted by Crippen LogP contribution is 2.24. The average molecular weight is 285 g/mol. The maximum Gasteiger partial charge on any atom is 0.147 e. The van der Waals surface area contributed by atoms with Gasteiger partial charge in [-0.2, -0.15) is 0 Å². The quantitative estimate of drug-likeness (QED) is 0.856. The molecule has 2 rings (SSSR count).